The molecule has 0 amide bonds. The molecule has 2 heterocycles. The van der Waals surface area contributed by atoms with Crippen molar-refractivity contribution in [3.8, 4) is 0 Å². The Kier molecular flexibility index (Phi) is 4.13. The topological polar surface area (TPSA) is 119 Å². The number of nitrogens with two attached hydrogens (primary N) is 1. The molecule has 2 aromatic heterocycles. The molecule has 0 fully saturated rings. The van der Waals surface area contributed by atoms with Crippen molar-refractivity contribution >= 4 is 17.1 Å². The molecule has 0 aliphatic rings. The number of H-pyrrole nitrogens is 1. The zero-order valence-corrected chi connectivity index (χ0v) is 10.7. The van der Waals surface area contributed by atoms with Gasteiger partial charge < -0.3 is 20.1 Å². The second-order valence-corrected chi connectivity index (χ2v) is 4.35. The number of hydrogen-bond acceptors (Lipinski definition) is 6. The van der Waals surface area contributed by atoms with Crippen molar-refractivity contribution in [1.29, 1.82) is 0 Å². The molecule has 0 spiro atoms. The number of aliphatic hydroxyl groups is 1. The van der Waals surface area contributed by atoms with Gasteiger partial charge in [-0.3, -0.25) is 9.78 Å². The Labute approximate surface area is 109 Å². The van der Waals surface area contributed by atoms with Crippen LogP contribution in [0.25, 0.3) is 11.2 Å². The summed E-state index contributed by atoms with van der Waals surface area (Å²) in [5.41, 5.74) is 5.88. The van der Waals surface area contributed by atoms with Crippen LogP contribution in [0.15, 0.2) is 11.1 Å². The first-order chi connectivity index (χ1) is 9.15. The zero-order valence-electron chi connectivity index (χ0n) is 10.7. The molecular weight excluding hydrogens is 250 g/mol. The number of methoxy groups -OCH3 is 1. The van der Waals surface area contributed by atoms with Crippen LogP contribution in [-0.4, -0.2) is 44.9 Å². The summed E-state index contributed by atoms with van der Waals surface area (Å²) in [6.45, 7) is 1.15. The molecule has 2 rings (SSSR count). The number of ether oxygens (including phenoxy) is 1. The Morgan fingerprint density at radius 2 is 2.42 bits per heavy atom. The van der Waals surface area contributed by atoms with Gasteiger partial charge in [-0.25, -0.2) is 4.98 Å². The number of aromatic amines is 1. The normalized spacial score (nSPS) is 12.9. The molecule has 0 aromatic carbocycles. The number of nitrogens with zero attached hydrogens (tertiary/aromatic N) is 3. The monoisotopic (exact) mass is 267 g/mol. The SMILES string of the molecule is COCC(CCO)Cn1cnc2c(=O)[nH]c(N)nc21. The number of nitrogen functional groups attached to an aromatic ring is 1. The van der Waals surface area contributed by atoms with Crippen molar-refractivity contribution in [2.24, 2.45) is 5.92 Å². The van der Waals surface area contributed by atoms with Gasteiger partial charge in [0.05, 0.1) is 12.9 Å². The van der Waals surface area contributed by atoms with Gasteiger partial charge in [-0.1, -0.05) is 0 Å². The third kappa shape index (κ3) is 2.91. The molecule has 0 aliphatic carbocycles. The van der Waals surface area contributed by atoms with Gasteiger partial charge in [0.1, 0.15) is 0 Å². The molecule has 1 atom stereocenters. The zero-order chi connectivity index (χ0) is 13.8. The average Bonchev–Trinajstić information content (AvgIpc) is 2.73. The first-order valence-electron chi connectivity index (χ1n) is 5.96. The molecule has 0 aliphatic heterocycles. The molecule has 0 saturated heterocycles. The molecule has 8 nitrogen and oxygen atoms in total. The van der Waals surface area contributed by atoms with E-state index < -0.39 is 0 Å². The van der Waals surface area contributed by atoms with Crippen LogP contribution in [0.1, 0.15) is 6.42 Å². The number of anilines is 1. The summed E-state index contributed by atoms with van der Waals surface area (Å²) in [7, 11) is 1.61. The molecule has 19 heavy (non-hydrogen) atoms. The summed E-state index contributed by atoms with van der Waals surface area (Å²) < 4.78 is 6.86. The average molecular weight is 267 g/mol. The quantitative estimate of drug-likeness (QED) is 0.639. The summed E-state index contributed by atoms with van der Waals surface area (Å²) in [6, 6.07) is 0. The predicted octanol–water partition coefficient (Wildman–Crippen LogP) is -0.653. The molecule has 1 unspecified atom stereocenters. The van der Waals surface area contributed by atoms with Crippen molar-refractivity contribution in [3.05, 3.63) is 16.7 Å². The van der Waals surface area contributed by atoms with E-state index >= 15 is 0 Å². The van der Waals surface area contributed by atoms with Gasteiger partial charge in [-0.15, -0.1) is 0 Å². The highest BCUT2D eigenvalue weighted by atomic mass is 16.5. The van der Waals surface area contributed by atoms with Crippen LogP contribution in [0.5, 0.6) is 0 Å². The van der Waals surface area contributed by atoms with E-state index in [2.05, 4.69) is 15.0 Å². The number of rotatable bonds is 6. The number of aromatic nitrogens is 4. The Morgan fingerprint density at radius 3 is 3.11 bits per heavy atom. The lowest BCUT2D eigenvalue weighted by atomic mass is 10.1. The molecular formula is C11H17N5O3. The van der Waals surface area contributed by atoms with E-state index in [4.69, 9.17) is 15.6 Å². The Morgan fingerprint density at radius 1 is 1.63 bits per heavy atom. The molecule has 0 saturated carbocycles. The first kappa shape index (κ1) is 13.5. The van der Waals surface area contributed by atoms with Crippen molar-refractivity contribution in [1.82, 2.24) is 19.5 Å². The Bertz CT molecular complexity index is 600. The maximum Gasteiger partial charge on any atom is 0.280 e. The van der Waals surface area contributed by atoms with Crippen LogP contribution < -0.4 is 11.3 Å². The second-order valence-electron chi connectivity index (χ2n) is 4.35. The largest absolute Gasteiger partial charge is 0.396 e. The van der Waals surface area contributed by atoms with E-state index in [0.717, 1.165) is 0 Å². The van der Waals surface area contributed by atoms with E-state index in [-0.39, 0.29) is 29.5 Å². The Hall–Kier alpha value is -1.93. The van der Waals surface area contributed by atoms with Gasteiger partial charge in [-0.2, -0.15) is 4.98 Å². The smallest absolute Gasteiger partial charge is 0.280 e. The maximum absolute atomic E-state index is 11.6. The minimum absolute atomic E-state index is 0.0599. The van der Waals surface area contributed by atoms with E-state index in [0.29, 0.717) is 25.2 Å². The standard InChI is InChI=1S/C11H17N5O3/c1-19-5-7(2-3-17)4-16-6-13-8-9(16)14-11(12)15-10(8)18/h6-7,17H,2-5H2,1H3,(H3,12,14,15,18). The fraction of sp³-hybridized carbons (Fsp3) is 0.545. The van der Waals surface area contributed by atoms with E-state index in [9.17, 15) is 4.79 Å². The van der Waals surface area contributed by atoms with Gasteiger partial charge >= 0.3 is 0 Å². The van der Waals surface area contributed by atoms with Crippen LogP contribution in [0.3, 0.4) is 0 Å². The first-order valence-corrected chi connectivity index (χ1v) is 5.96. The highest BCUT2D eigenvalue weighted by molar-refractivity contribution is 5.70. The summed E-state index contributed by atoms with van der Waals surface area (Å²) >= 11 is 0. The van der Waals surface area contributed by atoms with Gasteiger partial charge in [0, 0.05) is 26.2 Å². The number of fused-ring (bicyclic) bond motifs is 1. The highest BCUT2D eigenvalue weighted by Gasteiger charge is 2.14. The molecule has 2 aromatic rings. The van der Waals surface area contributed by atoms with Crippen LogP contribution in [0.4, 0.5) is 5.95 Å². The van der Waals surface area contributed by atoms with Crippen LogP contribution in [-0.2, 0) is 11.3 Å². The molecule has 8 heteroatoms. The fourth-order valence-corrected chi connectivity index (χ4v) is 2.03. The number of nitrogens with one attached hydrogen (secondary N) is 1. The van der Waals surface area contributed by atoms with Crippen molar-refractivity contribution in [2.45, 2.75) is 13.0 Å². The van der Waals surface area contributed by atoms with Gasteiger partial charge in [0.25, 0.3) is 5.56 Å². The van der Waals surface area contributed by atoms with Crippen LogP contribution in [0.2, 0.25) is 0 Å². The fourth-order valence-electron chi connectivity index (χ4n) is 2.03. The molecule has 0 radical (unpaired) electrons. The van der Waals surface area contributed by atoms with Gasteiger partial charge in [0.15, 0.2) is 11.2 Å². The third-order valence-corrected chi connectivity index (χ3v) is 2.89. The summed E-state index contributed by atoms with van der Waals surface area (Å²) in [5.74, 6) is 0.180. The van der Waals surface area contributed by atoms with Crippen LogP contribution >= 0.6 is 0 Å². The van der Waals surface area contributed by atoms with Gasteiger partial charge in [0.2, 0.25) is 5.95 Å². The summed E-state index contributed by atoms with van der Waals surface area (Å²) in [6.07, 6.45) is 2.15. The molecule has 104 valence electrons. The molecule has 0 bridgehead atoms. The lowest BCUT2D eigenvalue weighted by Gasteiger charge is -2.15. The lowest BCUT2D eigenvalue weighted by Crippen LogP contribution is -2.18. The van der Waals surface area contributed by atoms with Crippen LogP contribution in [0, 0.1) is 5.92 Å². The van der Waals surface area contributed by atoms with E-state index in [1.807, 2.05) is 0 Å². The third-order valence-electron chi connectivity index (χ3n) is 2.89. The van der Waals surface area contributed by atoms with Gasteiger partial charge in [-0.05, 0) is 6.42 Å². The number of hydrogen-bond donors (Lipinski definition) is 3. The van der Waals surface area contributed by atoms with E-state index in [1.54, 1.807) is 18.0 Å². The summed E-state index contributed by atoms with van der Waals surface area (Å²) in [4.78, 5) is 22.2. The number of aliphatic hydroxyl groups excluding tert-OH is 1. The van der Waals surface area contributed by atoms with Crippen molar-refractivity contribution in [3.63, 3.8) is 0 Å². The minimum atomic E-state index is -0.355. The maximum atomic E-state index is 11.6. The minimum Gasteiger partial charge on any atom is -0.396 e. The lowest BCUT2D eigenvalue weighted by molar-refractivity contribution is 0.124. The number of imidazole rings is 1. The second kappa shape index (κ2) is 5.81. The molecule has 4 N–H and O–H groups in total. The van der Waals surface area contributed by atoms with Crippen molar-refractivity contribution in [2.75, 3.05) is 26.1 Å². The van der Waals surface area contributed by atoms with E-state index in [1.165, 1.54) is 0 Å². The Balaban J connectivity index is 2.32. The highest BCUT2D eigenvalue weighted by Crippen LogP contribution is 2.12. The summed E-state index contributed by atoms with van der Waals surface area (Å²) in [5, 5.41) is 9.02. The predicted molar refractivity (Wildman–Crippen MR) is 69.6 cm³/mol. The van der Waals surface area contributed by atoms with Crippen molar-refractivity contribution < 1.29 is 9.84 Å².